The zero-order valence-corrected chi connectivity index (χ0v) is 17.7. The minimum Gasteiger partial charge on any atom is -0.465 e. The van der Waals surface area contributed by atoms with Crippen molar-refractivity contribution in [1.82, 2.24) is 0 Å². The molecule has 8 aliphatic carbocycles. The van der Waals surface area contributed by atoms with Gasteiger partial charge in [-0.05, 0) is 113 Å². The number of carbonyl (C=O) groups excluding carboxylic acids is 2. The van der Waals surface area contributed by atoms with Crippen LogP contribution in [0.3, 0.4) is 0 Å². The van der Waals surface area contributed by atoms with Crippen LogP contribution >= 0.6 is 0 Å². The quantitative estimate of drug-likeness (QED) is 0.470. The summed E-state index contributed by atoms with van der Waals surface area (Å²) in [5.74, 6) is 4.65. The van der Waals surface area contributed by atoms with Crippen LogP contribution in [-0.4, -0.2) is 25.2 Å². The number of hydrogen-bond acceptors (Lipinski definition) is 4. The number of esters is 2. The molecule has 0 spiro atoms. The molecule has 0 heterocycles. The molecule has 0 amide bonds. The second kappa shape index (κ2) is 6.72. The maximum Gasteiger partial charge on any atom is 0.312 e. The molecule has 0 saturated heterocycles. The van der Waals surface area contributed by atoms with Crippen molar-refractivity contribution in [2.24, 2.45) is 46.3 Å². The van der Waals surface area contributed by atoms with Gasteiger partial charge in [0.2, 0.25) is 0 Å². The topological polar surface area (TPSA) is 52.6 Å². The van der Waals surface area contributed by atoms with E-state index < -0.39 is 0 Å². The molecule has 0 radical (unpaired) electrons. The van der Waals surface area contributed by atoms with E-state index in [2.05, 4.69) is 0 Å². The lowest BCUT2D eigenvalue weighted by molar-refractivity contribution is -0.174. The lowest BCUT2D eigenvalue weighted by Crippen LogP contribution is -2.50. The SMILES string of the molecule is O=C(OCCCOC(=O)C12CC3CC(CC(C3)C1)C2)C12CC3CC(CC(C3)C1)C2. The first-order valence-electron chi connectivity index (χ1n) is 12.4. The lowest BCUT2D eigenvalue weighted by Gasteiger charge is -2.55. The average Bonchev–Trinajstić information content (AvgIpc) is 2.65. The van der Waals surface area contributed by atoms with E-state index in [0.29, 0.717) is 19.6 Å². The monoisotopic (exact) mass is 400 g/mol. The molecule has 8 rings (SSSR count). The minimum absolute atomic E-state index is 0.0454. The molecule has 0 N–H and O–H groups in total. The molecular weight excluding hydrogens is 364 g/mol. The van der Waals surface area contributed by atoms with E-state index in [-0.39, 0.29) is 22.8 Å². The van der Waals surface area contributed by atoms with E-state index in [9.17, 15) is 9.59 Å². The van der Waals surface area contributed by atoms with Crippen LogP contribution in [0.2, 0.25) is 0 Å². The molecule has 8 bridgehead atoms. The second-order valence-corrected chi connectivity index (χ2v) is 12.0. The van der Waals surface area contributed by atoms with Crippen molar-refractivity contribution in [3.63, 3.8) is 0 Å². The van der Waals surface area contributed by atoms with E-state index in [1.54, 1.807) is 0 Å². The Hall–Kier alpha value is -1.06. The number of rotatable bonds is 6. The maximum atomic E-state index is 12.9. The van der Waals surface area contributed by atoms with Gasteiger partial charge in [0.25, 0.3) is 0 Å². The predicted octanol–water partition coefficient (Wildman–Crippen LogP) is 4.90. The average molecular weight is 401 g/mol. The van der Waals surface area contributed by atoms with Gasteiger partial charge in [-0.2, -0.15) is 0 Å². The van der Waals surface area contributed by atoms with Crippen molar-refractivity contribution in [1.29, 1.82) is 0 Å². The van der Waals surface area contributed by atoms with E-state index in [1.165, 1.54) is 38.5 Å². The van der Waals surface area contributed by atoms with Crippen LogP contribution in [0.5, 0.6) is 0 Å². The van der Waals surface area contributed by atoms with Gasteiger partial charge in [-0.25, -0.2) is 0 Å². The summed E-state index contributed by atoms with van der Waals surface area (Å²) in [6, 6.07) is 0. The third-order valence-corrected chi connectivity index (χ3v) is 9.70. The highest BCUT2D eigenvalue weighted by Crippen LogP contribution is 2.61. The molecule has 4 nitrogen and oxygen atoms in total. The molecule has 8 saturated carbocycles. The normalized spacial score (nSPS) is 48.7. The van der Waals surface area contributed by atoms with Crippen LogP contribution in [0.25, 0.3) is 0 Å². The molecule has 0 aromatic carbocycles. The summed E-state index contributed by atoms with van der Waals surface area (Å²) in [6.07, 6.45) is 15.0. The Morgan fingerprint density at radius 2 is 0.828 bits per heavy atom. The van der Waals surface area contributed by atoms with E-state index in [4.69, 9.17) is 9.47 Å². The van der Waals surface area contributed by atoms with Gasteiger partial charge in [0.15, 0.2) is 0 Å². The predicted molar refractivity (Wildman–Crippen MR) is 108 cm³/mol. The van der Waals surface area contributed by atoms with Crippen LogP contribution < -0.4 is 0 Å². The van der Waals surface area contributed by atoms with Gasteiger partial charge in [-0.3, -0.25) is 9.59 Å². The van der Waals surface area contributed by atoms with Gasteiger partial charge in [0.1, 0.15) is 0 Å². The highest BCUT2D eigenvalue weighted by Gasteiger charge is 2.56. The first kappa shape index (κ1) is 18.7. The summed E-state index contributed by atoms with van der Waals surface area (Å²) in [6.45, 7) is 0.795. The van der Waals surface area contributed by atoms with E-state index in [0.717, 1.165) is 74.0 Å². The van der Waals surface area contributed by atoms with Crippen molar-refractivity contribution < 1.29 is 19.1 Å². The largest absolute Gasteiger partial charge is 0.465 e. The van der Waals surface area contributed by atoms with Crippen molar-refractivity contribution in [3.8, 4) is 0 Å². The van der Waals surface area contributed by atoms with Crippen molar-refractivity contribution in [2.45, 2.75) is 83.5 Å². The van der Waals surface area contributed by atoms with Crippen LogP contribution in [0.4, 0.5) is 0 Å². The van der Waals surface area contributed by atoms with Gasteiger partial charge in [-0.1, -0.05) is 0 Å². The Balaban J connectivity index is 0.969. The lowest BCUT2D eigenvalue weighted by atomic mass is 9.49. The third kappa shape index (κ3) is 3.15. The van der Waals surface area contributed by atoms with E-state index in [1.807, 2.05) is 0 Å². The third-order valence-electron chi connectivity index (χ3n) is 9.70. The fourth-order valence-corrected chi connectivity index (χ4v) is 9.42. The Bertz CT molecular complexity index is 566. The molecule has 8 aliphatic rings. The molecule has 0 aromatic rings. The van der Waals surface area contributed by atoms with Gasteiger partial charge in [0, 0.05) is 6.42 Å². The maximum absolute atomic E-state index is 12.9. The van der Waals surface area contributed by atoms with Crippen molar-refractivity contribution in [3.05, 3.63) is 0 Å². The fraction of sp³-hybridized carbons (Fsp3) is 0.920. The van der Waals surface area contributed by atoms with Crippen molar-refractivity contribution >= 4 is 11.9 Å². The summed E-state index contributed by atoms with van der Waals surface area (Å²) in [5, 5.41) is 0. The van der Waals surface area contributed by atoms with Crippen LogP contribution in [-0.2, 0) is 19.1 Å². The smallest absolute Gasteiger partial charge is 0.312 e. The zero-order valence-electron chi connectivity index (χ0n) is 17.7. The Morgan fingerprint density at radius 3 is 1.10 bits per heavy atom. The highest BCUT2D eigenvalue weighted by atomic mass is 16.5. The molecule has 0 unspecified atom stereocenters. The Morgan fingerprint density at radius 1 is 0.552 bits per heavy atom. The number of hydrogen-bond donors (Lipinski definition) is 0. The summed E-state index contributed by atoms with van der Waals surface area (Å²) >= 11 is 0. The summed E-state index contributed by atoms with van der Waals surface area (Å²) < 4.78 is 11.5. The van der Waals surface area contributed by atoms with Gasteiger partial charge in [-0.15, -0.1) is 0 Å². The zero-order chi connectivity index (χ0) is 19.6. The molecule has 4 heteroatoms. The van der Waals surface area contributed by atoms with Crippen LogP contribution in [0.1, 0.15) is 83.5 Å². The molecule has 160 valence electrons. The fourth-order valence-electron chi connectivity index (χ4n) is 9.42. The van der Waals surface area contributed by atoms with Crippen LogP contribution in [0.15, 0.2) is 0 Å². The Labute approximate surface area is 174 Å². The van der Waals surface area contributed by atoms with Gasteiger partial charge in [0.05, 0.1) is 24.0 Å². The summed E-state index contributed by atoms with van der Waals surface area (Å²) in [7, 11) is 0. The standard InChI is InChI=1S/C25H36O4/c26-22(24-10-16-4-17(11-24)6-18(5-16)12-24)28-2-1-3-29-23(27)25-13-19-7-20(14-25)9-21(8-19)15-25/h16-21H,1-15H2. The number of carbonyl (C=O) groups is 2. The number of ether oxygens (including phenoxy) is 2. The second-order valence-electron chi connectivity index (χ2n) is 12.0. The van der Waals surface area contributed by atoms with Crippen molar-refractivity contribution in [2.75, 3.05) is 13.2 Å². The van der Waals surface area contributed by atoms with E-state index >= 15 is 0 Å². The molecule has 29 heavy (non-hydrogen) atoms. The summed E-state index contributed by atoms with van der Waals surface area (Å²) in [4.78, 5) is 25.8. The highest BCUT2D eigenvalue weighted by molar-refractivity contribution is 5.78. The molecule has 0 aromatic heterocycles. The van der Waals surface area contributed by atoms with Gasteiger partial charge >= 0.3 is 11.9 Å². The molecule has 0 aliphatic heterocycles. The molecule has 0 atom stereocenters. The minimum atomic E-state index is -0.176. The van der Waals surface area contributed by atoms with Crippen LogP contribution in [0, 0.1) is 46.3 Å². The van der Waals surface area contributed by atoms with Gasteiger partial charge < -0.3 is 9.47 Å². The summed E-state index contributed by atoms with van der Waals surface area (Å²) in [5.41, 5.74) is -0.352. The first-order chi connectivity index (χ1) is 14.0. The first-order valence-corrected chi connectivity index (χ1v) is 12.4. The molecular formula is C25H36O4. The molecule has 8 fully saturated rings. The Kier molecular flexibility index (Phi) is 4.33.